The lowest BCUT2D eigenvalue weighted by Crippen LogP contribution is -2.21. The van der Waals surface area contributed by atoms with Gasteiger partial charge in [0.05, 0.1) is 6.10 Å². The van der Waals surface area contributed by atoms with E-state index in [-0.39, 0.29) is 0 Å². The number of nitrogens with zero attached hydrogens (tertiary/aromatic N) is 1. The molecule has 11 heavy (non-hydrogen) atoms. The lowest BCUT2D eigenvalue weighted by Gasteiger charge is -2.15. The van der Waals surface area contributed by atoms with E-state index in [0.29, 0.717) is 6.10 Å². The molecule has 0 spiro atoms. The molecule has 1 heterocycles. The number of fused-ring (bicyclic) bond motifs is 1. The minimum atomic E-state index is 0.547. The highest BCUT2D eigenvalue weighted by Gasteiger charge is 2.41. The van der Waals surface area contributed by atoms with Gasteiger partial charge in [0.2, 0.25) is 0 Å². The Bertz CT molecular complexity index is 151. The van der Waals surface area contributed by atoms with Gasteiger partial charge < -0.3 is 7.97 Å². The zero-order valence-electron chi connectivity index (χ0n) is 6.79. The Morgan fingerprint density at radius 3 is 2.91 bits per heavy atom. The number of likely N-dealkylation sites (tertiary alicyclic amines) is 1. The van der Waals surface area contributed by atoms with Crippen molar-refractivity contribution in [1.29, 1.82) is 0 Å². The highest BCUT2D eigenvalue weighted by atomic mass is 127. The molecule has 1 saturated carbocycles. The normalized spacial score (nSPS) is 44.7. The Morgan fingerprint density at radius 1 is 1.36 bits per heavy atom. The molecular weight excluding hydrogens is 253 g/mol. The molecule has 1 aliphatic heterocycles. The Kier molecular flexibility index (Phi) is 2.39. The van der Waals surface area contributed by atoms with Crippen LogP contribution in [0.1, 0.15) is 12.8 Å². The quantitative estimate of drug-likeness (QED) is 0.670. The summed E-state index contributed by atoms with van der Waals surface area (Å²) in [5.41, 5.74) is 0. The molecule has 0 bridgehead atoms. The van der Waals surface area contributed by atoms with Crippen LogP contribution in [-0.2, 0) is 3.07 Å². The van der Waals surface area contributed by atoms with E-state index >= 15 is 0 Å². The van der Waals surface area contributed by atoms with Crippen LogP contribution in [0.15, 0.2) is 0 Å². The first-order valence-electron chi connectivity index (χ1n) is 4.27. The topological polar surface area (TPSA) is 12.5 Å². The molecule has 0 N–H and O–H groups in total. The second-order valence-corrected chi connectivity index (χ2v) is 4.36. The Hall–Kier alpha value is 0.650. The zero-order valence-corrected chi connectivity index (χ0v) is 8.95. The van der Waals surface area contributed by atoms with Gasteiger partial charge in [0.25, 0.3) is 0 Å². The van der Waals surface area contributed by atoms with Crippen LogP contribution in [0.25, 0.3) is 0 Å². The molecule has 2 aliphatic rings. The summed E-state index contributed by atoms with van der Waals surface area (Å²) in [6, 6.07) is 0. The van der Waals surface area contributed by atoms with E-state index < -0.39 is 0 Å². The molecule has 1 saturated heterocycles. The van der Waals surface area contributed by atoms with Crippen molar-refractivity contribution >= 4 is 23.0 Å². The summed E-state index contributed by atoms with van der Waals surface area (Å²) in [4.78, 5) is 2.43. The molecule has 0 aromatic heterocycles. The van der Waals surface area contributed by atoms with E-state index in [0.717, 1.165) is 11.8 Å². The van der Waals surface area contributed by atoms with Crippen LogP contribution in [0.2, 0.25) is 0 Å². The fourth-order valence-corrected chi connectivity index (χ4v) is 3.18. The molecule has 3 atom stereocenters. The van der Waals surface area contributed by atoms with Gasteiger partial charge in [0.15, 0.2) is 0 Å². The first-order valence-corrected chi connectivity index (χ1v) is 5.15. The Labute approximate surface area is 82.0 Å². The highest BCUT2D eigenvalue weighted by molar-refractivity contribution is 14.1. The standard InChI is InChI=1S/C8H14INO/c1-10-4-6-2-3-8(11-9)7(6)5-10/h6-8H,2-5H2,1H3. The van der Waals surface area contributed by atoms with Gasteiger partial charge in [-0.25, -0.2) is 0 Å². The lowest BCUT2D eigenvalue weighted by molar-refractivity contribution is 0.211. The van der Waals surface area contributed by atoms with Gasteiger partial charge in [-0.2, -0.15) is 0 Å². The van der Waals surface area contributed by atoms with E-state index in [1.54, 1.807) is 0 Å². The van der Waals surface area contributed by atoms with Crippen LogP contribution < -0.4 is 0 Å². The fourth-order valence-electron chi connectivity index (χ4n) is 2.55. The number of hydrogen-bond donors (Lipinski definition) is 0. The monoisotopic (exact) mass is 267 g/mol. The molecule has 3 heteroatoms. The summed E-state index contributed by atoms with van der Waals surface area (Å²) in [5.74, 6) is 1.76. The highest BCUT2D eigenvalue weighted by Crippen LogP contribution is 2.39. The van der Waals surface area contributed by atoms with Crippen molar-refractivity contribution < 1.29 is 3.07 Å². The molecular formula is C8H14INO. The molecule has 1 aliphatic carbocycles. The third-order valence-corrected chi connectivity index (χ3v) is 3.74. The summed E-state index contributed by atoms with van der Waals surface area (Å²) < 4.78 is 5.42. The second kappa shape index (κ2) is 3.18. The van der Waals surface area contributed by atoms with Crippen LogP contribution in [0.4, 0.5) is 0 Å². The molecule has 2 nitrogen and oxygen atoms in total. The number of hydrogen-bond acceptors (Lipinski definition) is 2. The fraction of sp³-hybridized carbons (Fsp3) is 1.00. The van der Waals surface area contributed by atoms with Crippen molar-refractivity contribution in [2.75, 3.05) is 20.1 Å². The third kappa shape index (κ3) is 1.42. The maximum absolute atomic E-state index is 5.42. The molecule has 0 aromatic carbocycles. The molecule has 0 amide bonds. The van der Waals surface area contributed by atoms with Crippen molar-refractivity contribution in [3.05, 3.63) is 0 Å². The smallest absolute Gasteiger partial charge is 0.110 e. The molecule has 3 unspecified atom stereocenters. The van der Waals surface area contributed by atoms with Crippen LogP contribution >= 0.6 is 23.0 Å². The predicted octanol–water partition coefficient (Wildman–Crippen LogP) is 1.69. The number of halogens is 1. The van der Waals surface area contributed by atoms with Gasteiger partial charge in [-0.05, 0) is 25.8 Å². The third-order valence-electron chi connectivity index (χ3n) is 3.09. The van der Waals surface area contributed by atoms with E-state index in [1.165, 1.54) is 25.9 Å². The van der Waals surface area contributed by atoms with E-state index in [2.05, 4.69) is 35.0 Å². The van der Waals surface area contributed by atoms with Crippen molar-refractivity contribution in [3.8, 4) is 0 Å². The Balaban J connectivity index is 2.01. The minimum absolute atomic E-state index is 0.547. The zero-order chi connectivity index (χ0) is 7.84. The van der Waals surface area contributed by atoms with Crippen LogP contribution in [0.5, 0.6) is 0 Å². The van der Waals surface area contributed by atoms with Crippen LogP contribution in [0, 0.1) is 11.8 Å². The predicted molar refractivity (Wildman–Crippen MR) is 52.6 cm³/mol. The second-order valence-electron chi connectivity index (χ2n) is 3.85. The first kappa shape index (κ1) is 8.26. The average molecular weight is 267 g/mol. The van der Waals surface area contributed by atoms with Gasteiger partial charge in [-0.15, -0.1) is 0 Å². The maximum atomic E-state index is 5.42. The Morgan fingerprint density at radius 2 is 2.18 bits per heavy atom. The van der Waals surface area contributed by atoms with E-state index in [1.807, 2.05) is 0 Å². The van der Waals surface area contributed by atoms with Crippen LogP contribution in [0.3, 0.4) is 0 Å². The van der Waals surface area contributed by atoms with E-state index in [4.69, 9.17) is 3.07 Å². The molecule has 64 valence electrons. The van der Waals surface area contributed by atoms with E-state index in [9.17, 15) is 0 Å². The summed E-state index contributed by atoms with van der Waals surface area (Å²) in [6.07, 6.45) is 3.21. The summed E-state index contributed by atoms with van der Waals surface area (Å²) in [6.45, 7) is 2.54. The maximum Gasteiger partial charge on any atom is 0.110 e. The van der Waals surface area contributed by atoms with Crippen molar-refractivity contribution in [3.63, 3.8) is 0 Å². The molecule has 2 fully saturated rings. The summed E-state index contributed by atoms with van der Waals surface area (Å²) in [7, 11) is 2.21. The molecule has 2 rings (SSSR count). The summed E-state index contributed by atoms with van der Waals surface area (Å²) in [5, 5.41) is 0. The van der Waals surface area contributed by atoms with Crippen molar-refractivity contribution in [1.82, 2.24) is 4.90 Å². The van der Waals surface area contributed by atoms with Crippen molar-refractivity contribution in [2.24, 2.45) is 11.8 Å². The van der Waals surface area contributed by atoms with Crippen LogP contribution in [-0.4, -0.2) is 31.1 Å². The number of rotatable bonds is 1. The lowest BCUT2D eigenvalue weighted by atomic mass is 10.00. The summed E-state index contributed by atoms with van der Waals surface area (Å²) >= 11 is 2.05. The molecule has 0 aromatic rings. The van der Waals surface area contributed by atoms with Gasteiger partial charge in [0, 0.05) is 19.0 Å². The first-order chi connectivity index (χ1) is 5.31. The largest absolute Gasteiger partial charge is 0.312 e. The van der Waals surface area contributed by atoms with Gasteiger partial charge >= 0.3 is 0 Å². The average Bonchev–Trinajstić information content (AvgIpc) is 2.45. The van der Waals surface area contributed by atoms with Gasteiger partial charge in [0.1, 0.15) is 23.0 Å². The van der Waals surface area contributed by atoms with Crippen molar-refractivity contribution in [2.45, 2.75) is 18.9 Å². The minimum Gasteiger partial charge on any atom is -0.312 e. The van der Waals surface area contributed by atoms with Gasteiger partial charge in [-0.3, -0.25) is 0 Å². The SMILES string of the molecule is CN1CC2CCC(OI)C2C1. The molecule has 0 radical (unpaired) electrons. The van der Waals surface area contributed by atoms with Gasteiger partial charge in [-0.1, -0.05) is 0 Å².